The number of ether oxygens (including phenoxy) is 5. The van der Waals surface area contributed by atoms with Crippen LogP contribution in [0.15, 0.2) is 36.0 Å². The van der Waals surface area contributed by atoms with E-state index in [1.54, 1.807) is 26.0 Å². The third kappa shape index (κ3) is 3.57. The van der Waals surface area contributed by atoms with E-state index in [0.717, 1.165) is 32.1 Å². The zero-order chi connectivity index (χ0) is 30.5. The van der Waals surface area contributed by atoms with Gasteiger partial charge in [-0.1, -0.05) is 58.3 Å². The lowest BCUT2D eigenvalue weighted by Crippen LogP contribution is -2.76. The monoisotopic (exact) mass is 588 g/mol. The fraction of sp³-hybridized carbons (Fsp3) is 0.750. The van der Waals surface area contributed by atoms with Crippen LogP contribution < -0.4 is 0 Å². The average Bonchev–Trinajstić information content (AvgIpc) is 3.57. The van der Waals surface area contributed by atoms with Crippen molar-refractivity contribution < 1.29 is 48.6 Å². The topological polar surface area (TPSA) is 144 Å². The van der Waals surface area contributed by atoms with Crippen LogP contribution in [0.3, 0.4) is 0 Å². The molecule has 5 fully saturated rings. The van der Waals surface area contributed by atoms with E-state index in [1.807, 2.05) is 13.0 Å². The summed E-state index contributed by atoms with van der Waals surface area (Å²) in [6.45, 7) is 12.3. The van der Waals surface area contributed by atoms with Gasteiger partial charge in [0.2, 0.25) is 0 Å². The summed E-state index contributed by atoms with van der Waals surface area (Å²) in [6.07, 6.45) is 7.21. The molecule has 0 unspecified atom stereocenters. The Labute approximate surface area is 246 Å². The molecule has 6 rings (SSSR count). The maximum absolute atomic E-state index is 13.7. The van der Waals surface area contributed by atoms with E-state index < -0.39 is 88.9 Å². The maximum atomic E-state index is 13.7. The molecule has 0 amide bonds. The zero-order valence-electron chi connectivity index (χ0n) is 25.1. The molecule has 10 heteroatoms. The fourth-order valence-corrected chi connectivity index (χ4v) is 8.90. The number of fused-ring (bicyclic) bond motifs is 3. The van der Waals surface area contributed by atoms with Gasteiger partial charge in [0.15, 0.2) is 17.0 Å². The third-order valence-electron chi connectivity index (χ3n) is 10.9. The van der Waals surface area contributed by atoms with E-state index in [1.165, 1.54) is 13.3 Å². The molecule has 3 saturated heterocycles. The van der Waals surface area contributed by atoms with Crippen molar-refractivity contribution in [3.8, 4) is 0 Å². The summed E-state index contributed by atoms with van der Waals surface area (Å²) in [5, 5.41) is 34.5. The average molecular weight is 589 g/mol. The molecule has 10 nitrogen and oxygen atoms in total. The van der Waals surface area contributed by atoms with Crippen molar-refractivity contribution in [2.45, 2.75) is 126 Å². The molecule has 3 heterocycles. The summed E-state index contributed by atoms with van der Waals surface area (Å²) >= 11 is 0. The van der Waals surface area contributed by atoms with Gasteiger partial charge in [0.25, 0.3) is 0 Å². The summed E-state index contributed by atoms with van der Waals surface area (Å²) in [6, 6.07) is 0. The number of aliphatic hydroxyl groups excluding tert-OH is 2. The van der Waals surface area contributed by atoms with Crippen molar-refractivity contribution in [3.63, 3.8) is 0 Å². The predicted molar refractivity (Wildman–Crippen MR) is 149 cm³/mol. The summed E-state index contributed by atoms with van der Waals surface area (Å²) in [7, 11) is 0. The number of aliphatic hydroxyl groups is 3. The van der Waals surface area contributed by atoms with Crippen LogP contribution in [0.1, 0.15) is 73.1 Å². The molecule has 0 aromatic heterocycles. The van der Waals surface area contributed by atoms with Gasteiger partial charge in [0, 0.05) is 30.8 Å². The van der Waals surface area contributed by atoms with Crippen molar-refractivity contribution in [2.24, 2.45) is 17.8 Å². The molecule has 232 valence electrons. The molecule has 3 N–H and O–H groups in total. The Balaban J connectivity index is 1.52. The SMILES string of the molecule is C=C(C)[C@@]12O[C@@]3(/C=C/CCCCCCC)O[C@@H]1[C@@H]1[C@@H]4O[C@@]4(CO)[C@@H](O)[C@]4(O)C(=O)C(C)=C[C@H]4[C@@]1(O3)[C@H](C)[C@H]2OC(C)=O. The van der Waals surface area contributed by atoms with Crippen molar-refractivity contribution >= 4 is 11.8 Å². The number of hydrogen-bond donors (Lipinski definition) is 3. The van der Waals surface area contributed by atoms with Gasteiger partial charge in [0.1, 0.15) is 30.0 Å². The van der Waals surface area contributed by atoms with Gasteiger partial charge in [0.05, 0.1) is 12.2 Å². The molecule has 2 saturated carbocycles. The van der Waals surface area contributed by atoms with Crippen LogP contribution in [-0.2, 0) is 33.3 Å². The smallest absolute Gasteiger partial charge is 0.306 e. The lowest BCUT2D eigenvalue weighted by molar-refractivity contribution is -0.407. The standard InChI is InChI=1S/C32H44O10/c1-7-8-9-10-11-12-13-14-29-40-26-22-25-28(16-33,39-25)27(36)30(37)21(15-18(4)23(30)35)32(22,42-29)19(5)24(38-20(6)34)31(26,41-29)17(2)3/h13-15,19,21-22,24-27,33,36-37H,2,7-12,16H2,1,3-6H3/b14-13+/t19-,21-,22+,24-,25+,26-,27-,28-,29-,30-,31+,32+/m1/s1. The van der Waals surface area contributed by atoms with Crippen molar-refractivity contribution in [1.82, 2.24) is 0 Å². The first kappa shape index (κ1) is 30.1. The molecule has 0 aromatic rings. The van der Waals surface area contributed by atoms with Crippen LogP contribution in [-0.4, -0.2) is 86.5 Å². The normalized spacial score (nSPS) is 49.8. The second-order valence-electron chi connectivity index (χ2n) is 13.3. The highest BCUT2D eigenvalue weighted by Crippen LogP contribution is 2.73. The van der Waals surface area contributed by atoms with Crippen molar-refractivity contribution in [3.05, 3.63) is 36.0 Å². The Hall–Kier alpha value is -1.92. The van der Waals surface area contributed by atoms with Gasteiger partial charge < -0.3 is 39.0 Å². The van der Waals surface area contributed by atoms with E-state index in [9.17, 15) is 24.9 Å². The number of rotatable bonds is 10. The second-order valence-corrected chi connectivity index (χ2v) is 13.3. The molecule has 12 atom stereocenters. The van der Waals surface area contributed by atoms with E-state index in [2.05, 4.69) is 13.5 Å². The predicted octanol–water partition coefficient (Wildman–Crippen LogP) is 2.63. The number of carbonyl (C=O) groups excluding carboxylic acids is 2. The van der Waals surface area contributed by atoms with E-state index in [0.29, 0.717) is 5.57 Å². The number of allylic oxidation sites excluding steroid dienone is 1. The highest BCUT2D eigenvalue weighted by molar-refractivity contribution is 6.05. The quantitative estimate of drug-likeness (QED) is 0.151. The minimum atomic E-state index is -2.37. The fourth-order valence-electron chi connectivity index (χ4n) is 8.90. The Kier molecular flexibility index (Phi) is 7.02. The number of epoxide rings is 1. The van der Waals surface area contributed by atoms with Gasteiger partial charge in [-0.2, -0.15) is 0 Å². The molecule has 3 bridgehead atoms. The molecule has 6 aliphatic rings. The number of hydrogen-bond acceptors (Lipinski definition) is 10. The van der Waals surface area contributed by atoms with Crippen LogP contribution in [0, 0.1) is 17.8 Å². The first-order chi connectivity index (χ1) is 19.8. The molecule has 42 heavy (non-hydrogen) atoms. The maximum Gasteiger partial charge on any atom is 0.306 e. The molecule has 0 radical (unpaired) electrons. The summed E-state index contributed by atoms with van der Waals surface area (Å²) in [4.78, 5) is 26.2. The molecule has 3 aliphatic heterocycles. The number of esters is 1. The highest BCUT2D eigenvalue weighted by Gasteiger charge is 2.90. The summed E-state index contributed by atoms with van der Waals surface area (Å²) in [5.74, 6) is -5.45. The van der Waals surface area contributed by atoms with Crippen molar-refractivity contribution in [2.75, 3.05) is 6.61 Å². The summed E-state index contributed by atoms with van der Waals surface area (Å²) < 4.78 is 32.5. The number of carbonyl (C=O) groups is 2. The van der Waals surface area contributed by atoms with Gasteiger partial charge in [-0.3, -0.25) is 9.59 Å². The van der Waals surface area contributed by atoms with Crippen LogP contribution >= 0.6 is 0 Å². The van der Waals surface area contributed by atoms with Crippen molar-refractivity contribution in [1.29, 1.82) is 0 Å². The van der Waals surface area contributed by atoms with E-state index >= 15 is 0 Å². The van der Waals surface area contributed by atoms with Gasteiger partial charge in [-0.25, -0.2) is 0 Å². The molecular weight excluding hydrogens is 544 g/mol. The van der Waals surface area contributed by atoms with Gasteiger partial charge >= 0.3 is 11.9 Å². The van der Waals surface area contributed by atoms with Crippen LogP contribution in [0.5, 0.6) is 0 Å². The van der Waals surface area contributed by atoms with Crippen LogP contribution in [0.2, 0.25) is 0 Å². The minimum Gasteiger partial charge on any atom is -0.459 e. The largest absolute Gasteiger partial charge is 0.459 e. The molecule has 0 aromatic carbocycles. The Bertz CT molecular complexity index is 1240. The zero-order valence-corrected chi connectivity index (χ0v) is 25.1. The number of ketones is 1. The second kappa shape index (κ2) is 9.79. The Morgan fingerprint density at radius 2 is 1.86 bits per heavy atom. The minimum absolute atomic E-state index is 0.259. The first-order valence-electron chi connectivity index (χ1n) is 15.3. The molecule has 3 aliphatic carbocycles. The van der Waals surface area contributed by atoms with Gasteiger partial charge in [-0.15, -0.1) is 0 Å². The number of Topliss-reactive ketones (excluding diaryl/α,β-unsaturated/α-hetero) is 1. The molecule has 0 spiro atoms. The Morgan fingerprint density at radius 1 is 1.14 bits per heavy atom. The van der Waals surface area contributed by atoms with E-state index in [-0.39, 0.29) is 5.57 Å². The summed E-state index contributed by atoms with van der Waals surface area (Å²) in [5.41, 5.74) is -6.02. The van der Waals surface area contributed by atoms with Crippen LogP contribution in [0.25, 0.3) is 0 Å². The third-order valence-corrected chi connectivity index (χ3v) is 10.9. The first-order valence-corrected chi connectivity index (χ1v) is 15.3. The van der Waals surface area contributed by atoms with Gasteiger partial charge in [-0.05, 0) is 37.8 Å². The number of unbranched alkanes of at least 4 members (excludes halogenated alkanes) is 5. The van der Waals surface area contributed by atoms with Crippen LogP contribution in [0.4, 0.5) is 0 Å². The Morgan fingerprint density at radius 3 is 2.50 bits per heavy atom. The lowest BCUT2D eigenvalue weighted by Gasteiger charge is -2.61. The highest BCUT2D eigenvalue weighted by atomic mass is 16.9. The van der Waals surface area contributed by atoms with E-state index in [4.69, 9.17) is 23.7 Å². The lowest BCUT2D eigenvalue weighted by atomic mass is 9.53. The molecular formula is C32H44O10.